The molecule has 0 aliphatic carbocycles. The first kappa shape index (κ1) is 14.3. The number of carbonyl (C=O) groups is 1. The number of nitrogens with one attached hydrogen (secondary N) is 1. The van der Waals surface area contributed by atoms with Gasteiger partial charge >= 0.3 is 5.97 Å². The van der Waals surface area contributed by atoms with Crippen molar-refractivity contribution in [2.75, 3.05) is 6.61 Å². The zero-order valence-corrected chi connectivity index (χ0v) is 12.0. The molecule has 2 heterocycles. The fourth-order valence-corrected chi connectivity index (χ4v) is 1.94. The Balaban J connectivity index is 1.98. The summed E-state index contributed by atoms with van der Waals surface area (Å²) < 4.78 is 8.45. The highest BCUT2D eigenvalue weighted by Gasteiger charge is 2.16. The van der Waals surface area contributed by atoms with Gasteiger partial charge in [-0.25, -0.2) is 4.79 Å². The van der Waals surface area contributed by atoms with Crippen LogP contribution in [-0.2, 0) is 31.9 Å². The van der Waals surface area contributed by atoms with Gasteiger partial charge in [0.05, 0.1) is 24.7 Å². The molecule has 0 aliphatic rings. The molecule has 0 spiro atoms. The van der Waals surface area contributed by atoms with E-state index >= 15 is 0 Å². The summed E-state index contributed by atoms with van der Waals surface area (Å²) in [5.41, 5.74) is 2.41. The van der Waals surface area contributed by atoms with Gasteiger partial charge < -0.3 is 10.1 Å². The molecule has 0 saturated carbocycles. The molecule has 0 bridgehead atoms. The van der Waals surface area contributed by atoms with E-state index in [0.29, 0.717) is 25.3 Å². The van der Waals surface area contributed by atoms with Crippen LogP contribution in [0.5, 0.6) is 0 Å². The maximum Gasteiger partial charge on any atom is 0.341 e. The molecule has 0 saturated heterocycles. The largest absolute Gasteiger partial charge is 0.462 e. The zero-order chi connectivity index (χ0) is 14.5. The maximum atomic E-state index is 11.8. The van der Waals surface area contributed by atoms with E-state index < -0.39 is 0 Å². The summed E-state index contributed by atoms with van der Waals surface area (Å²) in [4.78, 5) is 11.8. The minimum atomic E-state index is -0.334. The second kappa shape index (κ2) is 6.33. The predicted octanol–water partition coefficient (Wildman–Crippen LogP) is 0.620. The Kier molecular flexibility index (Phi) is 4.52. The molecule has 0 atom stereocenters. The first-order valence-electron chi connectivity index (χ1n) is 6.48. The molecule has 0 unspecified atom stereocenters. The van der Waals surface area contributed by atoms with E-state index in [4.69, 9.17) is 4.74 Å². The predicted molar refractivity (Wildman–Crippen MR) is 72.9 cm³/mol. The lowest BCUT2D eigenvalue weighted by molar-refractivity contribution is 0.0524. The quantitative estimate of drug-likeness (QED) is 0.784. The molecule has 0 amide bonds. The van der Waals surface area contributed by atoms with Crippen LogP contribution in [0.1, 0.15) is 28.5 Å². The number of hydrogen-bond acceptors (Lipinski definition) is 5. The Bertz CT molecular complexity index is 587. The molecule has 108 valence electrons. The smallest absolute Gasteiger partial charge is 0.341 e. The van der Waals surface area contributed by atoms with Crippen molar-refractivity contribution in [1.82, 2.24) is 24.9 Å². The number of nitrogens with zero attached hydrogens (tertiary/aromatic N) is 4. The van der Waals surface area contributed by atoms with Crippen molar-refractivity contribution in [3.63, 3.8) is 0 Å². The highest BCUT2D eigenvalue weighted by Crippen LogP contribution is 2.09. The van der Waals surface area contributed by atoms with Crippen molar-refractivity contribution >= 4 is 5.97 Å². The lowest BCUT2D eigenvalue weighted by Gasteiger charge is -2.07. The molecular weight excluding hydrogens is 258 g/mol. The molecule has 1 N–H and O–H groups in total. The highest BCUT2D eigenvalue weighted by molar-refractivity contribution is 5.90. The number of carbonyl (C=O) groups excluding carboxylic acids is 1. The van der Waals surface area contributed by atoms with Crippen molar-refractivity contribution in [3.05, 3.63) is 35.4 Å². The van der Waals surface area contributed by atoms with E-state index in [-0.39, 0.29) is 5.97 Å². The minimum absolute atomic E-state index is 0.334. The standard InChI is InChI=1S/C13H19N5O2/c1-4-20-13(19)11-7-16-18(3)12(11)8-14-5-10-6-15-17(2)9-10/h6-7,9,14H,4-5,8H2,1-3H3. The summed E-state index contributed by atoms with van der Waals surface area (Å²) in [6.45, 7) is 3.37. The van der Waals surface area contributed by atoms with E-state index in [1.54, 1.807) is 22.5 Å². The van der Waals surface area contributed by atoms with Gasteiger partial charge in [-0.1, -0.05) is 0 Å². The van der Waals surface area contributed by atoms with Crippen molar-refractivity contribution in [2.24, 2.45) is 14.1 Å². The molecule has 0 aromatic carbocycles. The van der Waals surface area contributed by atoms with Crippen LogP contribution >= 0.6 is 0 Å². The molecule has 0 radical (unpaired) electrons. The van der Waals surface area contributed by atoms with E-state index in [0.717, 1.165) is 11.3 Å². The lowest BCUT2D eigenvalue weighted by Crippen LogP contribution is -2.18. The van der Waals surface area contributed by atoms with Crippen molar-refractivity contribution < 1.29 is 9.53 Å². The van der Waals surface area contributed by atoms with Crippen LogP contribution in [0.3, 0.4) is 0 Å². The van der Waals surface area contributed by atoms with Crippen LogP contribution in [0.25, 0.3) is 0 Å². The normalized spacial score (nSPS) is 10.8. The van der Waals surface area contributed by atoms with Gasteiger partial charge in [0.1, 0.15) is 5.56 Å². The molecule has 7 heteroatoms. The zero-order valence-electron chi connectivity index (χ0n) is 12.0. The topological polar surface area (TPSA) is 74.0 Å². The van der Waals surface area contributed by atoms with E-state index in [9.17, 15) is 4.79 Å². The molecule has 7 nitrogen and oxygen atoms in total. The SMILES string of the molecule is CCOC(=O)c1cnn(C)c1CNCc1cnn(C)c1. The molecule has 2 aromatic rings. The number of rotatable bonds is 6. The van der Waals surface area contributed by atoms with Gasteiger partial charge in [0, 0.05) is 38.9 Å². The number of ether oxygens (including phenoxy) is 1. The van der Waals surface area contributed by atoms with Crippen LogP contribution in [0.2, 0.25) is 0 Å². The minimum Gasteiger partial charge on any atom is -0.462 e. The van der Waals surface area contributed by atoms with Crippen LogP contribution < -0.4 is 5.32 Å². The third-order valence-corrected chi connectivity index (χ3v) is 2.94. The van der Waals surface area contributed by atoms with Crippen LogP contribution in [0, 0.1) is 0 Å². The second-order valence-electron chi connectivity index (χ2n) is 4.47. The van der Waals surface area contributed by atoms with Crippen molar-refractivity contribution in [3.8, 4) is 0 Å². The molecule has 0 aliphatic heterocycles. The fraction of sp³-hybridized carbons (Fsp3) is 0.462. The Morgan fingerprint density at radius 2 is 2.10 bits per heavy atom. The Morgan fingerprint density at radius 1 is 1.30 bits per heavy atom. The lowest BCUT2D eigenvalue weighted by atomic mass is 10.2. The fourth-order valence-electron chi connectivity index (χ4n) is 1.94. The van der Waals surface area contributed by atoms with Gasteiger partial charge in [-0.15, -0.1) is 0 Å². The van der Waals surface area contributed by atoms with Crippen molar-refractivity contribution in [1.29, 1.82) is 0 Å². The molecule has 2 aromatic heterocycles. The molecule has 20 heavy (non-hydrogen) atoms. The number of aromatic nitrogens is 4. The summed E-state index contributed by atoms with van der Waals surface area (Å²) >= 11 is 0. The number of aryl methyl sites for hydroxylation is 2. The first-order chi connectivity index (χ1) is 9.61. The van der Waals surface area contributed by atoms with Crippen molar-refractivity contribution in [2.45, 2.75) is 20.0 Å². The molecule has 2 rings (SSSR count). The first-order valence-corrected chi connectivity index (χ1v) is 6.48. The van der Waals surface area contributed by atoms with Gasteiger partial charge in [-0.05, 0) is 6.92 Å². The Labute approximate surface area is 117 Å². The van der Waals surface area contributed by atoms with Gasteiger partial charge in [-0.2, -0.15) is 10.2 Å². The Morgan fingerprint density at radius 3 is 2.75 bits per heavy atom. The average Bonchev–Trinajstić information content (AvgIpc) is 2.97. The van der Waals surface area contributed by atoms with Gasteiger partial charge in [0.2, 0.25) is 0 Å². The van der Waals surface area contributed by atoms with Crippen LogP contribution in [0.15, 0.2) is 18.6 Å². The monoisotopic (exact) mass is 277 g/mol. The number of hydrogen-bond donors (Lipinski definition) is 1. The second-order valence-corrected chi connectivity index (χ2v) is 4.47. The average molecular weight is 277 g/mol. The molecular formula is C13H19N5O2. The summed E-state index contributed by atoms with van der Waals surface area (Å²) in [7, 11) is 3.69. The number of esters is 1. The van der Waals surface area contributed by atoms with E-state index in [2.05, 4.69) is 15.5 Å². The van der Waals surface area contributed by atoms with E-state index in [1.165, 1.54) is 0 Å². The van der Waals surface area contributed by atoms with E-state index in [1.807, 2.05) is 26.5 Å². The Hall–Kier alpha value is -2.15. The van der Waals surface area contributed by atoms with Crippen LogP contribution in [-0.4, -0.2) is 32.1 Å². The van der Waals surface area contributed by atoms with Crippen LogP contribution in [0.4, 0.5) is 0 Å². The summed E-state index contributed by atoms with van der Waals surface area (Å²) in [5.74, 6) is -0.334. The third kappa shape index (κ3) is 3.24. The summed E-state index contributed by atoms with van der Waals surface area (Å²) in [5, 5.41) is 11.5. The van der Waals surface area contributed by atoms with Gasteiger partial charge in [-0.3, -0.25) is 9.36 Å². The van der Waals surface area contributed by atoms with Gasteiger partial charge in [0.15, 0.2) is 0 Å². The summed E-state index contributed by atoms with van der Waals surface area (Å²) in [6.07, 6.45) is 5.30. The third-order valence-electron chi connectivity index (χ3n) is 2.94. The molecule has 0 fully saturated rings. The highest BCUT2D eigenvalue weighted by atomic mass is 16.5. The summed E-state index contributed by atoms with van der Waals surface area (Å²) in [6, 6.07) is 0. The van der Waals surface area contributed by atoms with Gasteiger partial charge in [0.25, 0.3) is 0 Å². The maximum absolute atomic E-state index is 11.8.